The molecule has 0 saturated heterocycles. The summed E-state index contributed by atoms with van der Waals surface area (Å²) in [4.78, 5) is 11.2. The molecule has 2 nitrogen and oxygen atoms in total. The summed E-state index contributed by atoms with van der Waals surface area (Å²) in [6.45, 7) is 0.109. The van der Waals surface area contributed by atoms with Gasteiger partial charge < -0.3 is 4.57 Å². The zero-order valence-corrected chi connectivity index (χ0v) is 7.51. The van der Waals surface area contributed by atoms with Crippen LogP contribution in [0.2, 0.25) is 0 Å². The quantitative estimate of drug-likeness (QED) is 0.616. The second-order valence-corrected chi connectivity index (χ2v) is 3.39. The summed E-state index contributed by atoms with van der Waals surface area (Å²) in [5.41, 5.74) is -1.60. The van der Waals surface area contributed by atoms with Crippen molar-refractivity contribution in [2.45, 2.75) is 25.3 Å². The molecule has 2 rings (SSSR count). The molecular weight excluding hydrogens is 214 g/mol. The van der Waals surface area contributed by atoms with Crippen LogP contribution in [0, 0.1) is 0 Å². The summed E-state index contributed by atoms with van der Waals surface area (Å²) in [5, 5.41) is 0. The molecule has 0 aromatic carbocycles. The Morgan fingerprint density at radius 3 is 2.67 bits per heavy atom. The Morgan fingerprint density at radius 1 is 1.40 bits per heavy atom. The topological polar surface area (TPSA) is 22.0 Å². The molecule has 0 aliphatic carbocycles. The van der Waals surface area contributed by atoms with Gasteiger partial charge in [0.1, 0.15) is 0 Å². The van der Waals surface area contributed by atoms with Crippen molar-refractivity contribution >= 4 is 5.78 Å². The molecule has 1 unspecified atom stereocenters. The van der Waals surface area contributed by atoms with E-state index in [0.29, 0.717) is 0 Å². The number of carbonyl (C=O) groups excluding carboxylic acids is 1. The Labute approximate surface area is 82.5 Å². The van der Waals surface area contributed by atoms with Crippen molar-refractivity contribution in [3.8, 4) is 0 Å². The molecule has 82 valence electrons. The van der Waals surface area contributed by atoms with Crippen LogP contribution in [0.15, 0.2) is 12.3 Å². The first-order chi connectivity index (χ1) is 6.91. The lowest BCUT2D eigenvalue weighted by Crippen LogP contribution is -2.29. The molecule has 0 amide bonds. The highest BCUT2D eigenvalue weighted by molar-refractivity contribution is 6.00. The molecule has 2 heterocycles. The molecule has 0 spiro atoms. The van der Waals surface area contributed by atoms with Gasteiger partial charge >= 0.3 is 6.18 Å². The van der Waals surface area contributed by atoms with E-state index >= 15 is 0 Å². The SMILES string of the molecule is O=C1c2c(C(F)(F)F)ccn2CCC1F. The third-order valence-corrected chi connectivity index (χ3v) is 2.41. The van der Waals surface area contributed by atoms with Gasteiger partial charge in [-0.15, -0.1) is 0 Å². The fraction of sp³-hybridized carbons (Fsp3) is 0.444. The highest BCUT2D eigenvalue weighted by Crippen LogP contribution is 2.35. The number of nitrogens with zero attached hydrogens (tertiary/aromatic N) is 1. The number of rotatable bonds is 0. The molecule has 15 heavy (non-hydrogen) atoms. The maximum Gasteiger partial charge on any atom is 0.418 e. The van der Waals surface area contributed by atoms with Crippen LogP contribution in [0.25, 0.3) is 0 Å². The van der Waals surface area contributed by atoms with Crippen molar-refractivity contribution in [2.75, 3.05) is 0 Å². The van der Waals surface area contributed by atoms with Gasteiger partial charge in [-0.25, -0.2) is 4.39 Å². The van der Waals surface area contributed by atoms with Crippen LogP contribution in [-0.2, 0) is 12.7 Å². The molecule has 1 aromatic heterocycles. The van der Waals surface area contributed by atoms with Crippen LogP contribution < -0.4 is 0 Å². The van der Waals surface area contributed by atoms with Gasteiger partial charge in [-0.2, -0.15) is 13.2 Å². The van der Waals surface area contributed by atoms with E-state index in [4.69, 9.17) is 0 Å². The number of hydrogen-bond donors (Lipinski definition) is 0. The van der Waals surface area contributed by atoms with Gasteiger partial charge in [-0.3, -0.25) is 4.79 Å². The van der Waals surface area contributed by atoms with Crippen LogP contribution in [-0.4, -0.2) is 16.5 Å². The fourth-order valence-corrected chi connectivity index (χ4v) is 1.69. The maximum atomic E-state index is 13.0. The number of carbonyl (C=O) groups is 1. The Balaban J connectivity index is 2.54. The minimum Gasteiger partial charge on any atom is -0.344 e. The average Bonchev–Trinajstić information content (AvgIpc) is 2.54. The Kier molecular flexibility index (Phi) is 2.09. The summed E-state index contributed by atoms with van der Waals surface area (Å²) in [5.74, 6) is -1.07. The molecule has 0 saturated carbocycles. The third kappa shape index (κ3) is 1.53. The lowest BCUT2D eigenvalue weighted by atomic mass is 10.0. The minimum atomic E-state index is -4.60. The van der Waals surface area contributed by atoms with E-state index in [2.05, 4.69) is 0 Å². The monoisotopic (exact) mass is 221 g/mol. The number of aryl methyl sites for hydroxylation is 1. The molecular formula is C9H7F4NO. The molecule has 6 heteroatoms. The first-order valence-corrected chi connectivity index (χ1v) is 4.36. The molecule has 0 bridgehead atoms. The first kappa shape index (κ1) is 10.2. The van der Waals surface area contributed by atoms with E-state index in [1.54, 1.807) is 0 Å². The van der Waals surface area contributed by atoms with Crippen molar-refractivity contribution in [3.63, 3.8) is 0 Å². The molecule has 1 aliphatic rings. The zero-order valence-electron chi connectivity index (χ0n) is 7.51. The largest absolute Gasteiger partial charge is 0.418 e. The fourth-order valence-electron chi connectivity index (χ4n) is 1.69. The molecule has 0 radical (unpaired) electrons. The number of halogens is 4. The summed E-state index contributed by atoms with van der Waals surface area (Å²) < 4.78 is 51.4. The van der Waals surface area contributed by atoms with Crippen molar-refractivity contribution in [1.82, 2.24) is 4.57 Å². The minimum absolute atomic E-state index is 0.0577. The van der Waals surface area contributed by atoms with Crippen molar-refractivity contribution in [2.24, 2.45) is 0 Å². The molecule has 0 fully saturated rings. The number of ketones is 1. The van der Waals surface area contributed by atoms with E-state index < -0.39 is 29.4 Å². The van der Waals surface area contributed by atoms with E-state index in [1.807, 2.05) is 0 Å². The van der Waals surface area contributed by atoms with Crippen molar-refractivity contribution < 1.29 is 22.4 Å². The summed E-state index contributed by atoms with van der Waals surface area (Å²) in [6.07, 6.45) is -5.30. The lowest BCUT2D eigenvalue weighted by Gasteiger charge is -2.19. The summed E-state index contributed by atoms with van der Waals surface area (Å²) in [7, 11) is 0. The third-order valence-electron chi connectivity index (χ3n) is 2.41. The summed E-state index contributed by atoms with van der Waals surface area (Å²) in [6, 6.07) is 0.811. The van der Waals surface area contributed by atoms with Gasteiger partial charge in [0.05, 0.1) is 11.3 Å². The predicted octanol–water partition coefficient (Wildman–Crippen LogP) is 2.43. The predicted molar refractivity (Wildman–Crippen MR) is 43.3 cm³/mol. The molecule has 1 aliphatic heterocycles. The van der Waals surface area contributed by atoms with Crippen molar-refractivity contribution in [3.05, 3.63) is 23.5 Å². The van der Waals surface area contributed by atoms with Crippen LogP contribution in [0.5, 0.6) is 0 Å². The zero-order chi connectivity index (χ0) is 11.2. The number of hydrogen-bond acceptors (Lipinski definition) is 1. The maximum absolute atomic E-state index is 13.0. The summed E-state index contributed by atoms with van der Waals surface area (Å²) >= 11 is 0. The van der Waals surface area contributed by atoms with Gasteiger partial charge in [0.2, 0.25) is 5.78 Å². The van der Waals surface area contributed by atoms with Crippen LogP contribution >= 0.6 is 0 Å². The van der Waals surface area contributed by atoms with Gasteiger partial charge in [0.25, 0.3) is 0 Å². The Morgan fingerprint density at radius 2 is 2.07 bits per heavy atom. The number of Topliss-reactive ketones (excluding diaryl/α,β-unsaturated/α-hetero) is 1. The molecule has 1 atom stereocenters. The van der Waals surface area contributed by atoms with E-state index in [-0.39, 0.29) is 13.0 Å². The average molecular weight is 221 g/mol. The van der Waals surface area contributed by atoms with Crippen LogP contribution in [0.1, 0.15) is 22.5 Å². The van der Waals surface area contributed by atoms with Gasteiger partial charge in [-0.1, -0.05) is 0 Å². The standard InChI is InChI=1S/C9H7F4NO/c10-6-2-4-14-3-1-5(9(11,12)13)7(14)8(6)15/h1,3,6H,2,4H2. The normalized spacial score (nSPS) is 21.6. The molecule has 1 aromatic rings. The first-order valence-electron chi connectivity index (χ1n) is 4.36. The van der Waals surface area contributed by atoms with Crippen LogP contribution in [0.4, 0.5) is 17.6 Å². The highest BCUT2D eigenvalue weighted by atomic mass is 19.4. The Hall–Kier alpha value is -1.33. The highest BCUT2D eigenvalue weighted by Gasteiger charge is 2.40. The van der Waals surface area contributed by atoms with Crippen LogP contribution in [0.3, 0.4) is 0 Å². The smallest absolute Gasteiger partial charge is 0.344 e. The van der Waals surface area contributed by atoms with Crippen molar-refractivity contribution in [1.29, 1.82) is 0 Å². The van der Waals surface area contributed by atoms with Gasteiger partial charge in [0.15, 0.2) is 6.17 Å². The lowest BCUT2D eigenvalue weighted by molar-refractivity contribution is -0.138. The Bertz CT molecular complexity index is 407. The van der Waals surface area contributed by atoms with E-state index in [0.717, 1.165) is 10.6 Å². The second-order valence-electron chi connectivity index (χ2n) is 3.39. The van der Waals surface area contributed by atoms with Gasteiger partial charge in [0, 0.05) is 19.2 Å². The van der Waals surface area contributed by atoms with Gasteiger partial charge in [-0.05, 0) is 6.07 Å². The second kappa shape index (κ2) is 3.08. The van der Waals surface area contributed by atoms with E-state index in [9.17, 15) is 22.4 Å². The molecule has 0 N–H and O–H groups in total. The number of fused-ring (bicyclic) bond motifs is 1. The number of alkyl halides is 4. The van der Waals surface area contributed by atoms with E-state index in [1.165, 1.54) is 6.20 Å². The number of aromatic nitrogens is 1.